The Labute approximate surface area is 94.5 Å². The summed E-state index contributed by atoms with van der Waals surface area (Å²) in [7, 11) is 0. The van der Waals surface area contributed by atoms with Gasteiger partial charge in [0.1, 0.15) is 11.9 Å². The molecule has 16 heavy (non-hydrogen) atoms. The molecule has 0 saturated carbocycles. The number of anilines is 1. The van der Waals surface area contributed by atoms with Crippen LogP contribution in [0.15, 0.2) is 23.4 Å². The lowest BCUT2D eigenvalue weighted by molar-refractivity contribution is -0.383. The molecule has 0 fully saturated rings. The molecule has 0 spiro atoms. The van der Waals surface area contributed by atoms with Gasteiger partial charge in [-0.15, -0.1) is 0 Å². The van der Waals surface area contributed by atoms with Crippen LogP contribution in [0.25, 0.3) is 0 Å². The van der Waals surface area contributed by atoms with Crippen molar-refractivity contribution in [1.82, 2.24) is 0 Å². The minimum absolute atomic E-state index is 0.0284. The molecule has 0 aliphatic heterocycles. The van der Waals surface area contributed by atoms with E-state index in [1.165, 1.54) is 12.1 Å². The number of amides is 1. The molecule has 0 aliphatic rings. The standard InChI is InChI=1S/C8H6ClN3O4/c9-5-1-2-6(7(3-5)12(15)16)11-8(13)4-10-14/h1-4,14H,(H,11,13). The average Bonchev–Trinajstić information content (AvgIpc) is 2.20. The summed E-state index contributed by atoms with van der Waals surface area (Å²) in [5.41, 5.74) is -0.369. The van der Waals surface area contributed by atoms with Gasteiger partial charge in [-0.3, -0.25) is 14.9 Å². The van der Waals surface area contributed by atoms with Gasteiger partial charge in [-0.25, -0.2) is 0 Å². The Balaban J connectivity index is 3.04. The second kappa shape index (κ2) is 5.08. The van der Waals surface area contributed by atoms with E-state index >= 15 is 0 Å². The molecular weight excluding hydrogens is 238 g/mol. The molecule has 8 heteroatoms. The second-order valence-electron chi connectivity index (χ2n) is 2.65. The number of nitro benzene ring substituents is 1. The summed E-state index contributed by atoms with van der Waals surface area (Å²) in [6.07, 6.45) is 0.582. The smallest absolute Gasteiger partial charge is 0.294 e. The van der Waals surface area contributed by atoms with Gasteiger partial charge in [-0.2, -0.15) is 0 Å². The lowest BCUT2D eigenvalue weighted by atomic mass is 10.2. The third-order valence-electron chi connectivity index (χ3n) is 1.59. The molecule has 0 radical (unpaired) electrons. The van der Waals surface area contributed by atoms with Gasteiger partial charge in [-0.1, -0.05) is 16.8 Å². The molecule has 1 aromatic carbocycles. The van der Waals surface area contributed by atoms with Gasteiger partial charge < -0.3 is 10.5 Å². The molecule has 0 unspecified atom stereocenters. The van der Waals surface area contributed by atoms with Gasteiger partial charge in [-0.05, 0) is 12.1 Å². The van der Waals surface area contributed by atoms with E-state index in [2.05, 4.69) is 10.5 Å². The number of carbonyl (C=O) groups is 1. The van der Waals surface area contributed by atoms with Crippen molar-refractivity contribution >= 4 is 35.1 Å². The van der Waals surface area contributed by atoms with Crippen LogP contribution in [0, 0.1) is 10.1 Å². The van der Waals surface area contributed by atoms with Crippen molar-refractivity contribution in [3.05, 3.63) is 33.3 Å². The Morgan fingerprint density at radius 3 is 2.88 bits per heavy atom. The van der Waals surface area contributed by atoms with Crippen molar-refractivity contribution in [2.75, 3.05) is 5.32 Å². The highest BCUT2D eigenvalue weighted by Crippen LogP contribution is 2.27. The molecule has 1 aromatic rings. The SMILES string of the molecule is O=C(C=NO)Nc1ccc(Cl)cc1[N+](=O)[O-]. The van der Waals surface area contributed by atoms with E-state index in [1.807, 2.05) is 0 Å². The Hall–Kier alpha value is -2.15. The van der Waals surface area contributed by atoms with Crippen LogP contribution in [0.5, 0.6) is 0 Å². The second-order valence-corrected chi connectivity index (χ2v) is 3.09. The summed E-state index contributed by atoms with van der Waals surface area (Å²) < 4.78 is 0. The number of oxime groups is 1. The number of benzene rings is 1. The quantitative estimate of drug-likeness (QED) is 0.364. The summed E-state index contributed by atoms with van der Waals surface area (Å²) in [5.74, 6) is -0.784. The molecule has 1 amide bonds. The number of rotatable bonds is 3. The summed E-state index contributed by atoms with van der Waals surface area (Å²) >= 11 is 5.58. The van der Waals surface area contributed by atoms with Crippen LogP contribution in [0.1, 0.15) is 0 Å². The third kappa shape index (κ3) is 2.92. The van der Waals surface area contributed by atoms with Gasteiger partial charge in [0.05, 0.1) is 4.92 Å². The maximum Gasteiger partial charge on any atom is 0.294 e. The Morgan fingerprint density at radius 1 is 1.62 bits per heavy atom. The molecule has 2 N–H and O–H groups in total. The normalized spacial score (nSPS) is 10.3. The number of nitrogens with zero attached hydrogens (tertiary/aromatic N) is 2. The minimum atomic E-state index is -0.784. The molecule has 0 bridgehead atoms. The highest BCUT2D eigenvalue weighted by atomic mass is 35.5. The first-order valence-corrected chi connectivity index (χ1v) is 4.34. The van der Waals surface area contributed by atoms with Crippen molar-refractivity contribution in [1.29, 1.82) is 0 Å². The summed E-state index contributed by atoms with van der Waals surface area (Å²) in [6.45, 7) is 0. The minimum Gasteiger partial charge on any atom is -0.411 e. The van der Waals surface area contributed by atoms with Crippen LogP contribution in [-0.4, -0.2) is 22.3 Å². The molecule has 7 nitrogen and oxygen atoms in total. The number of halogens is 1. The predicted molar refractivity (Wildman–Crippen MR) is 57.0 cm³/mol. The fourth-order valence-corrected chi connectivity index (χ4v) is 1.15. The van der Waals surface area contributed by atoms with E-state index in [-0.39, 0.29) is 16.4 Å². The van der Waals surface area contributed by atoms with E-state index in [1.54, 1.807) is 0 Å². The number of hydrogen-bond acceptors (Lipinski definition) is 5. The molecule has 1 rings (SSSR count). The summed E-state index contributed by atoms with van der Waals surface area (Å²) in [4.78, 5) is 20.9. The van der Waals surface area contributed by atoms with Crippen LogP contribution >= 0.6 is 11.6 Å². The van der Waals surface area contributed by atoms with Crippen LogP contribution in [-0.2, 0) is 4.79 Å². The topological polar surface area (TPSA) is 105 Å². The molecule has 0 aliphatic carbocycles. The van der Waals surface area contributed by atoms with Gasteiger partial charge >= 0.3 is 0 Å². The van der Waals surface area contributed by atoms with Crippen molar-refractivity contribution in [2.24, 2.45) is 5.16 Å². The van der Waals surface area contributed by atoms with Crippen LogP contribution < -0.4 is 5.32 Å². The number of nitro groups is 1. The summed E-state index contributed by atoms with van der Waals surface area (Å²) in [6, 6.07) is 3.77. The van der Waals surface area contributed by atoms with Crippen molar-refractivity contribution < 1.29 is 14.9 Å². The van der Waals surface area contributed by atoms with Crippen molar-refractivity contribution in [3.8, 4) is 0 Å². The Morgan fingerprint density at radius 2 is 2.31 bits per heavy atom. The molecule has 0 atom stereocenters. The van der Waals surface area contributed by atoms with E-state index in [0.29, 0.717) is 6.21 Å². The monoisotopic (exact) mass is 243 g/mol. The number of hydrogen-bond donors (Lipinski definition) is 2. The molecule has 0 heterocycles. The van der Waals surface area contributed by atoms with Crippen molar-refractivity contribution in [3.63, 3.8) is 0 Å². The van der Waals surface area contributed by atoms with E-state index < -0.39 is 10.8 Å². The van der Waals surface area contributed by atoms with Crippen LogP contribution in [0.2, 0.25) is 5.02 Å². The zero-order valence-corrected chi connectivity index (χ0v) is 8.51. The third-order valence-corrected chi connectivity index (χ3v) is 1.82. The predicted octanol–water partition coefficient (Wildman–Crippen LogP) is 1.65. The van der Waals surface area contributed by atoms with Crippen LogP contribution in [0.3, 0.4) is 0 Å². The molecule has 0 saturated heterocycles. The molecule has 0 aromatic heterocycles. The zero-order valence-electron chi connectivity index (χ0n) is 7.75. The molecular formula is C8H6ClN3O4. The molecule has 84 valence electrons. The van der Waals surface area contributed by atoms with Crippen LogP contribution in [0.4, 0.5) is 11.4 Å². The fraction of sp³-hybridized carbons (Fsp3) is 0. The lowest BCUT2D eigenvalue weighted by Gasteiger charge is -2.02. The summed E-state index contributed by atoms with van der Waals surface area (Å²) in [5, 5.41) is 23.6. The fourth-order valence-electron chi connectivity index (χ4n) is 0.979. The van der Waals surface area contributed by atoms with E-state index in [4.69, 9.17) is 16.8 Å². The van der Waals surface area contributed by atoms with E-state index in [9.17, 15) is 14.9 Å². The van der Waals surface area contributed by atoms with Gasteiger partial charge in [0.2, 0.25) is 0 Å². The highest BCUT2D eigenvalue weighted by molar-refractivity contribution is 6.32. The first-order valence-electron chi connectivity index (χ1n) is 3.97. The van der Waals surface area contributed by atoms with Gasteiger partial charge in [0.15, 0.2) is 0 Å². The van der Waals surface area contributed by atoms with Gasteiger partial charge in [0, 0.05) is 11.1 Å². The zero-order chi connectivity index (χ0) is 12.1. The maximum absolute atomic E-state index is 11.0. The first kappa shape index (κ1) is 11.9. The number of carbonyl (C=O) groups excluding carboxylic acids is 1. The first-order chi connectivity index (χ1) is 7.54. The largest absolute Gasteiger partial charge is 0.411 e. The Bertz CT molecular complexity index is 461. The highest BCUT2D eigenvalue weighted by Gasteiger charge is 2.15. The van der Waals surface area contributed by atoms with Gasteiger partial charge in [0.25, 0.3) is 11.6 Å². The van der Waals surface area contributed by atoms with E-state index in [0.717, 1.165) is 6.07 Å². The lowest BCUT2D eigenvalue weighted by Crippen LogP contribution is -2.13. The number of nitrogens with one attached hydrogen (secondary N) is 1. The average molecular weight is 244 g/mol. The van der Waals surface area contributed by atoms with Crippen molar-refractivity contribution in [2.45, 2.75) is 0 Å². The Kier molecular flexibility index (Phi) is 3.78. The maximum atomic E-state index is 11.0.